The van der Waals surface area contributed by atoms with E-state index in [9.17, 15) is 4.79 Å². The molecule has 8 heteroatoms. The minimum atomic E-state index is -0.464. The summed E-state index contributed by atoms with van der Waals surface area (Å²) in [5.74, 6) is 1.55. The van der Waals surface area contributed by atoms with Crippen LogP contribution in [0, 0.1) is 0 Å². The van der Waals surface area contributed by atoms with E-state index in [1.165, 1.54) is 16.6 Å². The normalized spacial score (nSPS) is 14.1. The Morgan fingerprint density at radius 1 is 1.15 bits per heavy atom. The van der Waals surface area contributed by atoms with Gasteiger partial charge in [-0.2, -0.15) is 0 Å². The summed E-state index contributed by atoms with van der Waals surface area (Å²) in [7, 11) is 1.61. The Labute approximate surface area is 201 Å². The van der Waals surface area contributed by atoms with Crippen molar-refractivity contribution in [3.05, 3.63) is 88.4 Å². The molecule has 1 saturated carbocycles. The lowest BCUT2D eigenvalue weighted by Crippen LogP contribution is -2.19. The van der Waals surface area contributed by atoms with E-state index >= 15 is 0 Å². The quantitative estimate of drug-likeness (QED) is 0.312. The van der Waals surface area contributed by atoms with Gasteiger partial charge in [-0.3, -0.25) is 4.79 Å². The van der Waals surface area contributed by atoms with Crippen LogP contribution in [0.2, 0.25) is 0 Å². The van der Waals surface area contributed by atoms with Crippen LogP contribution in [0.3, 0.4) is 0 Å². The van der Waals surface area contributed by atoms with Crippen LogP contribution in [0.1, 0.15) is 40.4 Å². The molecule has 0 spiro atoms. The summed E-state index contributed by atoms with van der Waals surface area (Å²) in [5, 5.41) is 14.5. The maximum absolute atomic E-state index is 13.4. The number of anilines is 1. The second-order valence-electron chi connectivity index (χ2n) is 7.89. The highest BCUT2D eigenvalue weighted by Crippen LogP contribution is 2.43. The van der Waals surface area contributed by atoms with Crippen LogP contribution < -0.4 is 10.1 Å². The molecule has 1 atom stereocenters. The molecule has 1 amide bonds. The number of ether oxygens (including phenoxy) is 1. The number of hydrogen-bond donors (Lipinski definition) is 1. The van der Waals surface area contributed by atoms with Crippen LogP contribution in [-0.4, -0.2) is 27.8 Å². The van der Waals surface area contributed by atoms with Crippen molar-refractivity contribution in [3.63, 3.8) is 0 Å². The fraction of sp³-hybridized carbons (Fsp3) is 0.240. The SMILES string of the molecule is COc1cccc(NC(=O)C(Sc2nnc(Cc3cccs3)n2C2CC2)c2ccccc2)c1. The van der Waals surface area contributed by atoms with Crippen LogP contribution in [0.4, 0.5) is 5.69 Å². The molecule has 1 aliphatic carbocycles. The number of nitrogens with zero attached hydrogens (tertiary/aromatic N) is 3. The molecule has 1 aliphatic rings. The molecule has 4 aromatic rings. The summed E-state index contributed by atoms with van der Waals surface area (Å²) in [6.07, 6.45) is 3.00. The third kappa shape index (κ3) is 5.12. The van der Waals surface area contributed by atoms with Crippen molar-refractivity contribution in [2.75, 3.05) is 12.4 Å². The number of aromatic nitrogens is 3. The lowest BCUT2D eigenvalue weighted by Gasteiger charge is -2.18. The zero-order chi connectivity index (χ0) is 22.6. The molecule has 0 saturated heterocycles. The molecule has 1 N–H and O–H groups in total. The molecular weight excluding hydrogens is 452 g/mol. The van der Waals surface area contributed by atoms with Crippen LogP contribution in [-0.2, 0) is 11.2 Å². The van der Waals surface area contributed by atoms with Crippen LogP contribution >= 0.6 is 23.1 Å². The largest absolute Gasteiger partial charge is 0.497 e. The van der Waals surface area contributed by atoms with Gasteiger partial charge >= 0.3 is 0 Å². The summed E-state index contributed by atoms with van der Waals surface area (Å²) in [4.78, 5) is 14.7. The molecule has 0 aliphatic heterocycles. The first-order valence-corrected chi connectivity index (χ1v) is 12.6. The first-order chi connectivity index (χ1) is 16.2. The first-order valence-electron chi connectivity index (χ1n) is 10.8. The molecule has 168 valence electrons. The number of nitrogens with one attached hydrogen (secondary N) is 1. The predicted molar refractivity (Wildman–Crippen MR) is 132 cm³/mol. The summed E-state index contributed by atoms with van der Waals surface area (Å²) in [6.45, 7) is 0. The Morgan fingerprint density at radius 2 is 2.00 bits per heavy atom. The van der Waals surface area contributed by atoms with Gasteiger partial charge < -0.3 is 14.6 Å². The van der Waals surface area contributed by atoms with Crippen molar-refractivity contribution in [1.29, 1.82) is 0 Å². The Hall–Kier alpha value is -3.10. The summed E-state index contributed by atoms with van der Waals surface area (Å²) in [6, 6.07) is 21.8. The maximum atomic E-state index is 13.4. The highest BCUT2D eigenvalue weighted by Gasteiger charge is 2.32. The average molecular weight is 477 g/mol. The van der Waals surface area contributed by atoms with Crippen molar-refractivity contribution in [3.8, 4) is 5.75 Å². The van der Waals surface area contributed by atoms with Gasteiger partial charge in [0.1, 0.15) is 16.8 Å². The van der Waals surface area contributed by atoms with E-state index in [1.807, 2.05) is 54.6 Å². The lowest BCUT2D eigenvalue weighted by atomic mass is 10.1. The second-order valence-corrected chi connectivity index (χ2v) is 9.99. The molecule has 1 fully saturated rings. The Morgan fingerprint density at radius 3 is 2.73 bits per heavy atom. The van der Waals surface area contributed by atoms with Gasteiger partial charge in [-0.25, -0.2) is 0 Å². The minimum absolute atomic E-state index is 0.107. The number of carbonyl (C=O) groups is 1. The number of rotatable bonds is 9. The fourth-order valence-corrected chi connectivity index (χ4v) is 5.52. The van der Waals surface area contributed by atoms with E-state index in [1.54, 1.807) is 18.4 Å². The van der Waals surface area contributed by atoms with Gasteiger partial charge in [0.25, 0.3) is 0 Å². The third-order valence-electron chi connectivity index (χ3n) is 5.46. The highest BCUT2D eigenvalue weighted by atomic mass is 32.2. The Balaban J connectivity index is 1.43. The number of thioether (sulfide) groups is 1. The molecule has 2 aromatic heterocycles. The number of hydrogen-bond acceptors (Lipinski definition) is 6. The molecule has 1 unspecified atom stereocenters. The zero-order valence-electron chi connectivity index (χ0n) is 18.2. The van der Waals surface area contributed by atoms with E-state index < -0.39 is 5.25 Å². The smallest absolute Gasteiger partial charge is 0.242 e. The van der Waals surface area contributed by atoms with E-state index in [2.05, 4.69) is 37.6 Å². The number of benzene rings is 2. The summed E-state index contributed by atoms with van der Waals surface area (Å²) < 4.78 is 7.53. The number of amides is 1. The van der Waals surface area contributed by atoms with Crippen molar-refractivity contribution >= 4 is 34.7 Å². The van der Waals surface area contributed by atoms with Crippen LogP contribution in [0.5, 0.6) is 5.75 Å². The van der Waals surface area contributed by atoms with E-state index in [4.69, 9.17) is 4.74 Å². The number of carbonyl (C=O) groups excluding carboxylic acids is 1. The maximum Gasteiger partial charge on any atom is 0.242 e. The van der Waals surface area contributed by atoms with Crippen LogP contribution in [0.25, 0.3) is 0 Å². The van der Waals surface area contributed by atoms with Gasteiger partial charge in [0.15, 0.2) is 5.16 Å². The van der Waals surface area contributed by atoms with Crippen molar-refractivity contribution in [2.45, 2.75) is 35.7 Å². The highest BCUT2D eigenvalue weighted by molar-refractivity contribution is 8.00. The molecule has 33 heavy (non-hydrogen) atoms. The minimum Gasteiger partial charge on any atom is -0.497 e. The zero-order valence-corrected chi connectivity index (χ0v) is 19.8. The van der Waals surface area contributed by atoms with Crippen molar-refractivity contribution in [2.24, 2.45) is 0 Å². The van der Waals surface area contributed by atoms with E-state index in [0.717, 1.165) is 35.8 Å². The van der Waals surface area contributed by atoms with Gasteiger partial charge in [-0.15, -0.1) is 21.5 Å². The number of methoxy groups -OCH3 is 1. The van der Waals surface area contributed by atoms with Gasteiger partial charge in [-0.1, -0.05) is 54.2 Å². The molecular formula is C25H24N4O2S2. The first kappa shape index (κ1) is 21.7. The predicted octanol–water partition coefficient (Wildman–Crippen LogP) is 5.75. The third-order valence-corrected chi connectivity index (χ3v) is 7.55. The Kier molecular flexibility index (Phi) is 6.46. The average Bonchev–Trinajstić information content (AvgIpc) is 3.40. The summed E-state index contributed by atoms with van der Waals surface area (Å²) in [5.41, 5.74) is 1.62. The van der Waals surface area contributed by atoms with E-state index in [-0.39, 0.29) is 5.91 Å². The van der Waals surface area contributed by atoms with Gasteiger partial charge in [-0.05, 0) is 42.0 Å². The van der Waals surface area contributed by atoms with Crippen molar-refractivity contribution in [1.82, 2.24) is 14.8 Å². The molecule has 2 heterocycles. The topological polar surface area (TPSA) is 69.0 Å². The fourth-order valence-electron chi connectivity index (χ4n) is 3.69. The van der Waals surface area contributed by atoms with Gasteiger partial charge in [0, 0.05) is 29.1 Å². The number of thiophene rings is 1. The molecule has 6 nitrogen and oxygen atoms in total. The molecule has 0 radical (unpaired) electrons. The monoisotopic (exact) mass is 476 g/mol. The standard InChI is InChI=1S/C25H24N4O2S2/c1-31-20-10-5-9-18(15-20)26-24(30)23(17-7-3-2-4-8-17)33-25-28-27-22(29(25)19-12-13-19)16-21-11-6-14-32-21/h2-11,14-15,19,23H,12-13,16H2,1H3,(H,26,30). The molecule has 0 bridgehead atoms. The van der Waals surface area contributed by atoms with Crippen LogP contribution in [0.15, 0.2) is 77.3 Å². The molecule has 2 aromatic carbocycles. The Bertz CT molecular complexity index is 1220. The van der Waals surface area contributed by atoms with Crippen molar-refractivity contribution < 1.29 is 9.53 Å². The molecule has 5 rings (SSSR count). The van der Waals surface area contributed by atoms with Gasteiger partial charge in [0.05, 0.1) is 7.11 Å². The lowest BCUT2D eigenvalue weighted by molar-refractivity contribution is -0.115. The second kappa shape index (κ2) is 9.80. The van der Waals surface area contributed by atoms with Gasteiger partial charge in [0.2, 0.25) is 5.91 Å². The van der Waals surface area contributed by atoms with E-state index in [0.29, 0.717) is 17.5 Å². The summed E-state index contributed by atoms with van der Waals surface area (Å²) >= 11 is 3.18.